The lowest BCUT2D eigenvalue weighted by Crippen LogP contribution is -2.41. The number of aryl methyl sites for hydroxylation is 1. The van der Waals surface area contributed by atoms with Gasteiger partial charge in [0.05, 0.1) is 6.54 Å². The molecule has 0 spiro atoms. The van der Waals surface area contributed by atoms with Gasteiger partial charge in [-0.3, -0.25) is 19.5 Å². The molecule has 1 fully saturated rings. The van der Waals surface area contributed by atoms with Gasteiger partial charge in [-0.05, 0) is 37.9 Å². The third-order valence-corrected chi connectivity index (χ3v) is 4.24. The Kier molecular flexibility index (Phi) is 6.10. The maximum Gasteiger partial charge on any atom is 0.236 e. The average molecular weight is 318 g/mol. The van der Waals surface area contributed by atoms with Crippen LogP contribution in [0.1, 0.15) is 36.6 Å². The summed E-state index contributed by atoms with van der Waals surface area (Å²) in [5.41, 5.74) is 7.16. The molecule has 1 aliphatic heterocycles. The summed E-state index contributed by atoms with van der Waals surface area (Å²) in [6.07, 6.45) is 3.06. The molecule has 6 heteroatoms. The van der Waals surface area contributed by atoms with Crippen molar-refractivity contribution in [1.82, 2.24) is 14.8 Å². The van der Waals surface area contributed by atoms with E-state index in [9.17, 15) is 9.59 Å². The minimum atomic E-state index is -0.303. The molecule has 0 aromatic carbocycles. The molecule has 1 aliphatic rings. The molecule has 2 rings (SSSR count). The van der Waals surface area contributed by atoms with E-state index < -0.39 is 0 Å². The van der Waals surface area contributed by atoms with Crippen molar-refractivity contribution in [2.24, 2.45) is 5.73 Å². The van der Waals surface area contributed by atoms with Crippen LogP contribution in [0.4, 0.5) is 0 Å². The van der Waals surface area contributed by atoms with Gasteiger partial charge in [0.1, 0.15) is 0 Å². The monoisotopic (exact) mass is 318 g/mol. The SMILES string of the molecule is CN(C)C(=O)CN1CCCC(c2cccc(CCC(N)=O)n2)C1. The number of aromatic nitrogens is 1. The Morgan fingerprint density at radius 2 is 2.17 bits per heavy atom. The summed E-state index contributed by atoms with van der Waals surface area (Å²) < 4.78 is 0. The van der Waals surface area contributed by atoms with Crippen molar-refractivity contribution >= 4 is 11.8 Å². The molecule has 1 atom stereocenters. The molecule has 1 aromatic rings. The number of nitrogens with two attached hydrogens (primary N) is 1. The van der Waals surface area contributed by atoms with Gasteiger partial charge in [0.15, 0.2) is 0 Å². The fraction of sp³-hybridized carbons (Fsp3) is 0.588. The molecule has 126 valence electrons. The number of primary amides is 1. The summed E-state index contributed by atoms with van der Waals surface area (Å²) in [6.45, 7) is 2.27. The highest BCUT2D eigenvalue weighted by Gasteiger charge is 2.24. The molecule has 0 saturated carbocycles. The first-order valence-electron chi connectivity index (χ1n) is 8.12. The van der Waals surface area contributed by atoms with E-state index in [0.29, 0.717) is 25.3 Å². The zero-order valence-electron chi connectivity index (χ0n) is 14.0. The van der Waals surface area contributed by atoms with Gasteiger partial charge < -0.3 is 10.6 Å². The molecule has 0 aliphatic carbocycles. The van der Waals surface area contributed by atoms with Crippen molar-refractivity contribution in [3.05, 3.63) is 29.6 Å². The van der Waals surface area contributed by atoms with Crippen molar-refractivity contribution in [3.63, 3.8) is 0 Å². The first-order valence-corrected chi connectivity index (χ1v) is 8.12. The Bertz CT molecular complexity index is 559. The van der Waals surface area contributed by atoms with Gasteiger partial charge in [-0.15, -0.1) is 0 Å². The molecule has 0 bridgehead atoms. The van der Waals surface area contributed by atoms with E-state index in [2.05, 4.69) is 9.88 Å². The van der Waals surface area contributed by atoms with Gasteiger partial charge in [-0.2, -0.15) is 0 Å². The maximum absolute atomic E-state index is 11.9. The van der Waals surface area contributed by atoms with E-state index in [4.69, 9.17) is 5.73 Å². The Morgan fingerprint density at radius 1 is 1.39 bits per heavy atom. The summed E-state index contributed by atoms with van der Waals surface area (Å²) >= 11 is 0. The average Bonchev–Trinajstić information content (AvgIpc) is 2.53. The van der Waals surface area contributed by atoms with Crippen LogP contribution in [0, 0.1) is 0 Å². The number of likely N-dealkylation sites (tertiary alicyclic amines) is 1. The van der Waals surface area contributed by atoms with E-state index in [1.165, 1.54) is 0 Å². The van der Waals surface area contributed by atoms with Crippen molar-refractivity contribution in [2.45, 2.75) is 31.6 Å². The number of amides is 2. The second kappa shape index (κ2) is 8.06. The highest BCUT2D eigenvalue weighted by atomic mass is 16.2. The lowest BCUT2D eigenvalue weighted by atomic mass is 9.94. The highest BCUT2D eigenvalue weighted by molar-refractivity contribution is 5.77. The van der Waals surface area contributed by atoms with Crippen LogP contribution < -0.4 is 5.73 Å². The third-order valence-electron chi connectivity index (χ3n) is 4.24. The van der Waals surface area contributed by atoms with E-state index >= 15 is 0 Å². The van der Waals surface area contributed by atoms with Crippen LogP contribution in [0.5, 0.6) is 0 Å². The maximum atomic E-state index is 11.9. The second-order valence-electron chi connectivity index (χ2n) is 6.38. The fourth-order valence-electron chi connectivity index (χ4n) is 2.89. The number of carbonyl (C=O) groups excluding carboxylic acids is 2. The van der Waals surface area contributed by atoms with Crippen molar-refractivity contribution in [1.29, 1.82) is 0 Å². The van der Waals surface area contributed by atoms with Crippen LogP contribution in [0.15, 0.2) is 18.2 Å². The van der Waals surface area contributed by atoms with Crippen LogP contribution in [0.3, 0.4) is 0 Å². The number of hydrogen-bond acceptors (Lipinski definition) is 4. The molecular formula is C17H26N4O2. The van der Waals surface area contributed by atoms with Gasteiger partial charge in [0.2, 0.25) is 11.8 Å². The second-order valence-corrected chi connectivity index (χ2v) is 6.38. The molecule has 2 amide bonds. The van der Waals surface area contributed by atoms with E-state index in [0.717, 1.165) is 37.3 Å². The summed E-state index contributed by atoms with van der Waals surface area (Å²) in [6, 6.07) is 5.96. The number of piperidine rings is 1. The Morgan fingerprint density at radius 3 is 2.87 bits per heavy atom. The highest BCUT2D eigenvalue weighted by Crippen LogP contribution is 2.25. The van der Waals surface area contributed by atoms with Crippen LogP contribution in [0.25, 0.3) is 0 Å². The number of hydrogen-bond donors (Lipinski definition) is 1. The zero-order chi connectivity index (χ0) is 16.8. The molecule has 1 saturated heterocycles. The normalized spacial score (nSPS) is 18.6. The van der Waals surface area contributed by atoms with Crippen molar-refractivity contribution < 1.29 is 9.59 Å². The Labute approximate surface area is 137 Å². The molecule has 23 heavy (non-hydrogen) atoms. The zero-order valence-corrected chi connectivity index (χ0v) is 14.0. The number of likely N-dealkylation sites (N-methyl/N-ethyl adjacent to an activating group) is 1. The van der Waals surface area contributed by atoms with Gasteiger partial charge in [-0.25, -0.2) is 0 Å². The quantitative estimate of drug-likeness (QED) is 0.840. The first-order chi connectivity index (χ1) is 11.0. The summed E-state index contributed by atoms with van der Waals surface area (Å²) in [4.78, 5) is 31.3. The molecule has 0 radical (unpaired) electrons. The predicted octanol–water partition coefficient (Wildman–Crippen LogP) is 0.767. The fourth-order valence-corrected chi connectivity index (χ4v) is 2.89. The minimum absolute atomic E-state index is 0.133. The minimum Gasteiger partial charge on any atom is -0.370 e. The van der Waals surface area contributed by atoms with Crippen LogP contribution in [-0.4, -0.2) is 60.3 Å². The first kappa shape index (κ1) is 17.4. The molecule has 6 nitrogen and oxygen atoms in total. The number of nitrogens with zero attached hydrogens (tertiary/aromatic N) is 3. The standard InChI is InChI=1S/C17H26N4O2/c1-20(2)17(23)12-21-10-4-5-13(11-21)15-7-3-6-14(19-15)8-9-16(18)22/h3,6-7,13H,4-5,8-12H2,1-2H3,(H2,18,22). The van der Waals surface area contributed by atoms with Crippen LogP contribution in [0.2, 0.25) is 0 Å². The number of pyridine rings is 1. The number of carbonyl (C=O) groups is 2. The Balaban J connectivity index is 1.99. The molecule has 2 heterocycles. The van der Waals surface area contributed by atoms with E-state index in [1.54, 1.807) is 19.0 Å². The van der Waals surface area contributed by atoms with Crippen molar-refractivity contribution in [3.8, 4) is 0 Å². The van der Waals surface area contributed by atoms with E-state index in [-0.39, 0.29) is 11.8 Å². The summed E-state index contributed by atoms with van der Waals surface area (Å²) in [5, 5.41) is 0. The third kappa shape index (κ3) is 5.32. The summed E-state index contributed by atoms with van der Waals surface area (Å²) in [7, 11) is 3.57. The van der Waals surface area contributed by atoms with Gasteiger partial charge in [0, 0.05) is 44.4 Å². The van der Waals surface area contributed by atoms with Crippen molar-refractivity contribution in [2.75, 3.05) is 33.7 Å². The Hall–Kier alpha value is -1.95. The lowest BCUT2D eigenvalue weighted by molar-refractivity contribution is -0.130. The van der Waals surface area contributed by atoms with Crippen LogP contribution in [-0.2, 0) is 16.0 Å². The summed E-state index contributed by atoms with van der Waals surface area (Å²) in [5.74, 6) is 0.171. The van der Waals surface area contributed by atoms with Gasteiger partial charge in [-0.1, -0.05) is 6.07 Å². The van der Waals surface area contributed by atoms with Gasteiger partial charge in [0.25, 0.3) is 0 Å². The topological polar surface area (TPSA) is 79.5 Å². The smallest absolute Gasteiger partial charge is 0.236 e. The molecule has 1 unspecified atom stereocenters. The molecular weight excluding hydrogens is 292 g/mol. The number of rotatable bonds is 6. The largest absolute Gasteiger partial charge is 0.370 e. The van der Waals surface area contributed by atoms with E-state index in [1.807, 2.05) is 18.2 Å². The van der Waals surface area contributed by atoms with Gasteiger partial charge >= 0.3 is 0 Å². The van der Waals surface area contributed by atoms with Crippen LogP contribution >= 0.6 is 0 Å². The lowest BCUT2D eigenvalue weighted by Gasteiger charge is -2.32. The molecule has 2 N–H and O–H groups in total. The molecule has 1 aromatic heterocycles. The predicted molar refractivity (Wildman–Crippen MR) is 88.9 cm³/mol.